The first kappa shape index (κ1) is 16.1. The van der Waals surface area contributed by atoms with Crippen LogP contribution in [0.5, 0.6) is 11.5 Å². The molecule has 0 unspecified atom stereocenters. The summed E-state index contributed by atoms with van der Waals surface area (Å²) < 4.78 is 11.4. The Morgan fingerprint density at radius 2 is 1.58 bits per heavy atom. The fourth-order valence-electron chi connectivity index (χ4n) is 2.46. The van der Waals surface area contributed by atoms with Crippen molar-refractivity contribution in [2.45, 2.75) is 0 Å². The van der Waals surface area contributed by atoms with E-state index < -0.39 is 0 Å². The van der Waals surface area contributed by atoms with Crippen LogP contribution in [0.25, 0.3) is 10.8 Å². The lowest BCUT2D eigenvalue weighted by Gasteiger charge is -2.12. The molecule has 0 radical (unpaired) electrons. The van der Waals surface area contributed by atoms with Gasteiger partial charge in [0.25, 0.3) is 0 Å². The van der Waals surface area contributed by atoms with Crippen molar-refractivity contribution in [1.82, 2.24) is 0 Å². The van der Waals surface area contributed by atoms with Gasteiger partial charge in [-0.15, -0.1) is 0 Å². The molecule has 0 aliphatic carbocycles. The van der Waals surface area contributed by atoms with E-state index in [4.69, 9.17) is 26.3 Å². The molecule has 5 heteroatoms. The quantitative estimate of drug-likeness (QED) is 0.304. The predicted molar refractivity (Wildman–Crippen MR) is 95.8 cm³/mol. The zero-order chi connectivity index (χ0) is 16.8. The third-order valence-electron chi connectivity index (χ3n) is 3.55. The van der Waals surface area contributed by atoms with Crippen molar-refractivity contribution in [3.8, 4) is 11.5 Å². The molecule has 0 saturated carbocycles. The molecule has 0 aromatic heterocycles. The Morgan fingerprint density at radius 3 is 2.38 bits per heavy atom. The largest absolute Gasteiger partial charge is 0.489 e. The normalized spacial score (nSPS) is 11.0. The van der Waals surface area contributed by atoms with Crippen molar-refractivity contribution in [3.05, 3.63) is 71.2 Å². The molecule has 0 spiro atoms. The topological polar surface area (TPSA) is 51.1 Å². The number of rotatable bonds is 6. The Labute approximate surface area is 144 Å². The molecule has 0 atom stereocenters. The lowest BCUT2D eigenvalue weighted by molar-refractivity contribution is 0.217. The maximum atomic E-state index is 8.93. The number of oxime groups is 1. The second-order valence-corrected chi connectivity index (χ2v) is 5.48. The molecule has 0 aliphatic heterocycles. The van der Waals surface area contributed by atoms with E-state index in [9.17, 15) is 0 Å². The van der Waals surface area contributed by atoms with Gasteiger partial charge in [0.2, 0.25) is 0 Å². The van der Waals surface area contributed by atoms with Crippen LogP contribution in [-0.4, -0.2) is 24.6 Å². The SMILES string of the molecule is ON=Cc1c(OCCOc2ccccc2Cl)ccc2ccccc12. The van der Waals surface area contributed by atoms with Crippen LogP contribution in [0.15, 0.2) is 65.8 Å². The molecule has 4 nitrogen and oxygen atoms in total. The number of benzene rings is 3. The summed E-state index contributed by atoms with van der Waals surface area (Å²) >= 11 is 6.04. The second-order valence-electron chi connectivity index (χ2n) is 5.07. The van der Waals surface area contributed by atoms with E-state index in [0.29, 0.717) is 29.7 Å². The van der Waals surface area contributed by atoms with Gasteiger partial charge >= 0.3 is 0 Å². The summed E-state index contributed by atoms with van der Waals surface area (Å²) in [5.74, 6) is 1.26. The Kier molecular flexibility index (Phi) is 5.18. The van der Waals surface area contributed by atoms with E-state index in [-0.39, 0.29) is 0 Å². The van der Waals surface area contributed by atoms with Crippen LogP contribution in [0.2, 0.25) is 5.02 Å². The van der Waals surface area contributed by atoms with Gasteiger partial charge < -0.3 is 14.7 Å². The standard InChI is InChI=1S/C19H16ClNO3/c20-17-7-3-4-8-19(17)24-12-11-23-18-10-9-14-5-1-2-6-15(14)16(18)13-21-22/h1-10,13,22H,11-12H2. The van der Waals surface area contributed by atoms with Crippen LogP contribution in [0, 0.1) is 0 Å². The number of ether oxygens (including phenoxy) is 2. The predicted octanol–water partition coefficient (Wildman–Crippen LogP) is 4.76. The summed E-state index contributed by atoms with van der Waals surface area (Å²) in [4.78, 5) is 0. The molecule has 1 N–H and O–H groups in total. The number of para-hydroxylation sites is 1. The zero-order valence-corrected chi connectivity index (χ0v) is 13.6. The monoisotopic (exact) mass is 341 g/mol. The molecule has 24 heavy (non-hydrogen) atoms. The highest BCUT2D eigenvalue weighted by Gasteiger charge is 2.07. The summed E-state index contributed by atoms with van der Waals surface area (Å²) in [6, 6.07) is 19.0. The Bertz CT molecular complexity index is 864. The lowest BCUT2D eigenvalue weighted by Crippen LogP contribution is -2.10. The smallest absolute Gasteiger partial charge is 0.138 e. The van der Waals surface area contributed by atoms with Crippen LogP contribution < -0.4 is 9.47 Å². The fraction of sp³-hybridized carbons (Fsp3) is 0.105. The minimum atomic E-state index is 0.343. The summed E-state index contributed by atoms with van der Waals surface area (Å²) in [5, 5.41) is 14.7. The average Bonchev–Trinajstić information content (AvgIpc) is 2.61. The van der Waals surface area contributed by atoms with Gasteiger partial charge in [0.05, 0.1) is 11.2 Å². The summed E-state index contributed by atoms with van der Waals surface area (Å²) in [5.41, 5.74) is 0.730. The molecule has 0 bridgehead atoms. The van der Waals surface area contributed by atoms with Crippen LogP contribution >= 0.6 is 11.6 Å². The van der Waals surface area contributed by atoms with Crippen LogP contribution in [0.4, 0.5) is 0 Å². The molecule has 0 saturated heterocycles. The van der Waals surface area contributed by atoms with Gasteiger partial charge in [0, 0.05) is 5.56 Å². The molecule has 3 aromatic carbocycles. The van der Waals surface area contributed by atoms with Crippen LogP contribution in [0.3, 0.4) is 0 Å². The van der Waals surface area contributed by atoms with E-state index in [0.717, 1.165) is 16.3 Å². The minimum absolute atomic E-state index is 0.343. The molecule has 0 fully saturated rings. The average molecular weight is 342 g/mol. The van der Waals surface area contributed by atoms with Crippen LogP contribution in [-0.2, 0) is 0 Å². The molecule has 3 aromatic rings. The van der Waals surface area contributed by atoms with Crippen molar-refractivity contribution in [3.63, 3.8) is 0 Å². The molecular formula is C19H16ClNO3. The number of nitrogens with zero attached hydrogens (tertiary/aromatic N) is 1. The number of hydrogen-bond acceptors (Lipinski definition) is 4. The van der Waals surface area contributed by atoms with Gasteiger partial charge in [-0.2, -0.15) is 0 Å². The number of hydrogen-bond donors (Lipinski definition) is 1. The Morgan fingerprint density at radius 1 is 0.875 bits per heavy atom. The molecule has 122 valence electrons. The first-order valence-corrected chi connectivity index (χ1v) is 7.86. The van der Waals surface area contributed by atoms with Crippen LogP contribution in [0.1, 0.15) is 5.56 Å². The second kappa shape index (κ2) is 7.70. The first-order chi connectivity index (χ1) is 11.8. The fourth-order valence-corrected chi connectivity index (χ4v) is 2.65. The van der Waals surface area contributed by atoms with Crippen molar-refractivity contribution < 1.29 is 14.7 Å². The van der Waals surface area contributed by atoms with Gasteiger partial charge in [-0.05, 0) is 29.0 Å². The third kappa shape index (κ3) is 3.60. The zero-order valence-electron chi connectivity index (χ0n) is 12.9. The third-order valence-corrected chi connectivity index (χ3v) is 3.86. The number of halogens is 1. The summed E-state index contributed by atoms with van der Waals surface area (Å²) in [6.45, 7) is 0.697. The van der Waals surface area contributed by atoms with Gasteiger partial charge in [0.1, 0.15) is 24.7 Å². The Balaban J connectivity index is 1.71. The van der Waals surface area contributed by atoms with E-state index in [1.54, 1.807) is 6.07 Å². The highest BCUT2D eigenvalue weighted by Crippen LogP contribution is 2.27. The summed E-state index contributed by atoms with van der Waals surface area (Å²) in [7, 11) is 0. The van der Waals surface area contributed by atoms with Crippen molar-refractivity contribution >= 4 is 28.6 Å². The summed E-state index contributed by atoms with van der Waals surface area (Å²) in [6.07, 6.45) is 1.38. The van der Waals surface area contributed by atoms with Crippen molar-refractivity contribution in [2.75, 3.05) is 13.2 Å². The molecule has 0 heterocycles. The molecule has 3 rings (SSSR count). The van der Waals surface area contributed by atoms with Gasteiger partial charge in [-0.3, -0.25) is 0 Å². The van der Waals surface area contributed by atoms with Crippen molar-refractivity contribution in [1.29, 1.82) is 0 Å². The molecular weight excluding hydrogens is 326 g/mol. The molecule has 0 aliphatic rings. The van der Waals surface area contributed by atoms with Gasteiger partial charge in [-0.1, -0.05) is 59.2 Å². The van der Waals surface area contributed by atoms with E-state index in [2.05, 4.69) is 5.16 Å². The minimum Gasteiger partial charge on any atom is -0.489 e. The van der Waals surface area contributed by atoms with E-state index in [1.165, 1.54) is 6.21 Å². The number of fused-ring (bicyclic) bond motifs is 1. The van der Waals surface area contributed by atoms with E-state index in [1.807, 2.05) is 54.6 Å². The maximum absolute atomic E-state index is 8.93. The first-order valence-electron chi connectivity index (χ1n) is 7.49. The van der Waals surface area contributed by atoms with Crippen molar-refractivity contribution in [2.24, 2.45) is 5.16 Å². The molecule has 0 amide bonds. The van der Waals surface area contributed by atoms with E-state index >= 15 is 0 Å². The Hall–Kier alpha value is -2.72. The van der Waals surface area contributed by atoms with Gasteiger partial charge in [0.15, 0.2) is 0 Å². The highest BCUT2D eigenvalue weighted by atomic mass is 35.5. The maximum Gasteiger partial charge on any atom is 0.138 e. The highest BCUT2D eigenvalue weighted by molar-refractivity contribution is 6.32. The lowest BCUT2D eigenvalue weighted by atomic mass is 10.0. The van der Waals surface area contributed by atoms with Gasteiger partial charge in [-0.25, -0.2) is 0 Å².